The van der Waals surface area contributed by atoms with Crippen LogP contribution in [0.15, 0.2) is 24.3 Å². The molecule has 3 rings (SSSR count). The number of nitrogens with two attached hydrogens (primary N) is 1. The van der Waals surface area contributed by atoms with E-state index in [0.29, 0.717) is 18.7 Å². The van der Waals surface area contributed by atoms with Crippen LogP contribution in [0.3, 0.4) is 0 Å². The van der Waals surface area contributed by atoms with E-state index in [4.69, 9.17) is 5.73 Å². The minimum Gasteiger partial charge on any atom is -0.399 e. The lowest BCUT2D eigenvalue weighted by Gasteiger charge is -2.08. The summed E-state index contributed by atoms with van der Waals surface area (Å²) in [5, 5.41) is 11.5. The molecule has 0 fully saturated rings. The monoisotopic (exact) mass is 313 g/mol. The molecule has 0 saturated heterocycles. The smallest absolute Gasteiger partial charge is 0.224 e. The molecule has 0 bridgehead atoms. The van der Waals surface area contributed by atoms with Gasteiger partial charge in [0.1, 0.15) is 11.6 Å². The summed E-state index contributed by atoms with van der Waals surface area (Å²) in [6.45, 7) is 1.59. The Hall–Kier alpha value is -2.37. The first-order valence-corrected chi connectivity index (χ1v) is 8.24. The highest BCUT2D eigenvalue weighted by Gasteiger charge is 2.14. The van der Waals surface area contributed by atoms with Crippen LogP contribution in [-0.4, -0.2) is 27.2 Å². The minimum atomic E-state index is 0.0189. The molecule has 1 aromatic heterocycles. The third-order valence-electron chi connectivity index (χ3n) is 4.20. The van der Waals surface area contributed by atoms with Crippen LogP contribution < -0.4 is 11.1 Å². The van der Waals surface area contributed by atoms with E-state index in [-0.39, 0.29) is 5.91 Å². The molecule has 0 aliphatic carbocycles. The van der Waals surface area contributed by atoms with Crippen LogP contribution in [0.1, 0.15) is 36.5 Å². The number of hydrogen-bond donors (Lipinski definition) is 2. The molecular formula is C17H23N5O. The van der Waals surface area contributed by atoms with E-state index in [0.717, 1.165) is 36.6 Å². The summed E-state index contributed by atoms with van der Waals surface area (Å²) in [7, 11) is 0. The first kappa shape index (κ1) is 15.5. The van der Waals surface area contributed by atoms with Gasteiger partial charge in [-0.25, -0.2) is 0 Å². The predicted octanol–water partition coefficient (Wildman–Crippen LogP) is 1.49. The number of carbonyl (C=O) groups is 1. The number of aryl methyl sites for hydroxylation is 1. The van der Waals surface area contributed by atoms with E-state index < -0.39 is 0 Å². The molecule has 2 heterocycles. The maximum atomic E-state index is 12.0. The van der Waals surface area contributed by atoms with Gasteiger partial charge in [-0.2, -0.15) is 0 Å². The second-order valence-corrected chi connectivity index (χ2v) is 6.01. The Kier molecular flexibility index (Phi) is 4.90. The summed E-state index contributed by atoms with van der Waals surface area (Å²) in [6.07, 6.45) is 5.73. The fourth-order valence-electron chi connectivity index (χ4n) is 2.93. The van der Waals surface area contributed by atoms with Gasteiger partial charge in [0.15, 0.2) is 0 Å². The number of hydrogen-bond acceptors (Lipinski definition) is 4. The van der Waals surface area contributed by atoms with E-state index in [2.05, 4.69) is 20.1 Å². The van der Waals surface area contributed by atoms with Crippen LogP contribution in [0, 0.1) is 0 Å². The van der Waals surface area contributed by atoms with E-state index in [1.807, 2.05) is 24.3 Å². The van der Waals surface area contributed by atoms with Crippen molar-refractivity contribution in [1.82, 2.24) is 20.1 Å². The Morgan fingerprint density at radius 2 is 2.00 bits per heavy atom. The number of rotatable bonds is 5. The SMILES string of the molecule is Nc1ccc(CC(=O)NCCc2nnc3n2CCCCC3)cc1. The molecule has 1 aliphatic heterocycles. The molecule has 6 heteroatoms. The number of carbonyl (C=O) groups excluding carboxylic acids is 1. The summed E-state index contributed by atoms with van der Waals surface area (Å²) < 4.78 is 2.22. The fourth-order valence-corrected chi connectivity index (χ4v) is 2.93. The highest BCUT2D eigenvalue weighted by atomic mass is 16.1. The number of aromatic nitrogens is 3. The summed E-state index contributed by atoms with van der Waals surface area (Å²) in [5.41, 5.74) is 7.32. The Morgan fingerprint density at radius 3 is 2.83 bits per heavy atom. The average Bonchev–Trinajstić information content (AvgIpc) is 2.78. The number of benzene rings is 1. The van der Waals surface area contributed by atoms with Gasteiger partial charge in [0.25, 0.3) is 0 Å². The normalized spacial score (nSPS) is 14.1. The first-order chi connectivity index (χ1) is 11.2. The van der Waals surface area contributed by atoms with Crippen LogP contribution >= 0.6 is 0 Å². The van der Waals surface area contributed by atoms with Gasteiger partial charge in [-0.1, -0.05) is 18.6 Å². The minimum absolute atomic E-state index is 0.0189. The highest BCUT2D eigenvalue weighted by Crippen LogP contribution is 2.14. The summed E-state index contributed by atoms with van der Waals surface area (Å²) in [4.78, 5) is 12.0. The van der Waals surface area contributed by atoms with Crippen LogP contribution in [0.5, 0.6) is 0 Å². The molecule has 2 aromatic rings. The number of nitrogens with one attached hydrogen (secondary N) is 1. The lowest BCUT2D eigenvalue weighted by atomic mass is 10.1. The molecule has 0 saturated carbocycles. The zero-order valence-electron chi connectivity index (χ0n) is 13.3. The Morgan fingerprint density at radius 1 is 1.17 bits per heavy atom. The van der Waals surface area contributed by atoms with Crippen LogP contribution in [0.4, 0.5) is 5.69 Å². The molecule has 122 valence electrons. The van der Waals surface area contributed by atoms with Crippen molar-refractivity contribution in [3.63, 3.8) is 0 Å². The first-order valence-electron chi connectivity index (χ1n) is 8.24. The Balaban J connectivity index is 1.48. The second-order valence-electron chi connectivity index (χ2n) is 6.01. The van der Waals surface area contributed by atoms with Gasteiger partial charge in [0.2, 0.25) is 5.91 Å². The number of amides is 1. The van der Waals surface area contributed by atoms with E-state index in [1.165, 1.54) is 19.3 Å². The van der Waals surface area contributed by atoms with Crippen LogP contribution in [0.2, 0.25) is 0 Å². The van der Waals surface area contributed by atoms with Gasteiger partial charge in [-0.05, 0) is 30.5 Å². The quantitative estimate of drug-likeness (QED) is 0.819. The summed E-state index contributed by atoms with van der Waals surface area (Å²) in [6, 6.07) is 7.39. The van der Waals surface area contributed by atoms with Crippen molar-refractivity contribution in [2.75, 3.05) is 12.3 Å². The van der Waals surface area contributed by atoms with Gasteiger partial charge in [0.05, 0.1) is 6.42 Å². The summed E-state index contributed by atoms with van der Waals surface area (Å²) >= 11 is 0. The lowest BCUT2D eigenvalue weighted by molar-refractivity contribution is -0.120. The van der Waals surface area contributed by atoms with Crippen LogP contribution in [-0.2, 0) is 30.6 Å². The fraction of sp³-hybridized carbons (Fsp3) is 0.471. The third kappa shape index (κ3) is 4.09. The maximum Gasteiger partial charge on any atom is 0.224 e. The van der Waals surface area contributed by atoms with Crippen molar-refractivity contribution in [2.45, 2.75) is 45.1 Å². The molecule has 1 aromatic carbocycles. The van der Waals surface area contributed by atoms with Gasteiger partial charge < -0.3 is 15.6 Å². The molecule has 0 spiro atoms. The molecule has 23 heavy (non-hydrogen) atoms. The van der Waals surface area contributed by atoms with Crippen molar-refractivity contribution in [3.05, 3.63) is 41.5 Å². The zero-order chi connectivity index (χ0) is 16.1. The predicted molar refractivity (Wildman–Crippen MR) is 88.8 cm³/mol. The topological polar surface area (TPSA) is 85.8 Å². The Bertz CT molecular complexity index is 662. The van der Waals surface area contributed by atoms with Crippen LogP contribution in [0.25, 0.3) is 0 Å². The van der Waals surface area contributed by atoms with Crippen molar-refractivity contribution in [2.24, 2.45) is 0 Å². The average molecular weight is 313 g/mol. The third-order valence-corrected chi connectivity index (χ3v) is 4.20. The number of nitrogen functional groups attached to an aromatic ring is 1. The number of fused-ring (bicyclic) bond motifs is 1. The van der Waals surface area contributed by atoms with Gasteiger partial charge >= 0.3 is 0 Å². The standard InChI is InChI=1S/C17H23N5O/c18-14-7-5-13(6-8-14)12-17(23)19-10-9-16-21-20-15-4-2-1-3-11-22(15)16/h5-8H,1-4,9-12,18H2,(H,19,23). The molecule has 1 aliphatic rings. The van der Waals surface area contributed by atoms with E-state index >= 15 is 0 Å². The highest BCUT2D eigenvalue weighted by molar-refractivity contribution is 5.78. The van der Waals surface area contributed by atoms with E-state index in [9.17, 15) is 4.79 Å². The van der Waals surface area contributed by atoms with Gasteiger partial charge in [-0.15, -0.1) is 10.2 Å². The molecule has 0 radical (unpaired) electrons. The molecule has 0 unspecified atom stereocenters. The second kappa shape index (κ2) is 7.26. The molecule has 0 atom stereocenters. The molecular weight excluding hydrogens is 290 g/mol. The lowest BCUT2D eigenvalue weighted by Crippen LogP contribution is -2.28. The zero-order valence-corrected chi connectivity index (χ0v) is 13.3. The van der Waals surface area contributed by atoms with Crippen molar-refractivity contribution in [1.29, 1.82) is 0 Å². The van der Waals surface area contributed by atoms with Crippen molar-refractivity contribution in [3.8, 4) is 0 Å². The molecule has 6 nitrogen and oxygen atoms in total. The van der Waals surface area contributed by atoms with Gasteiger partial charge in [-0.3, -0.25) is 4.79 Å². The largest absolute Gasteiger partial charge is 0.399 e. The molecule has 3 N–H and O–H groups in total. The number of nitrogens with zero attached hydrogens (tertiary/aromatic N) is 3. The van der Waals surface area contributed by atoms with Crippen molar-refractivity contribution < 1.29 is 4.79 Å². The van der Waals surface area contributed by atoms with E-state index in [1.54, 1.807) is 0 Å². The maximum absolute atomic E-state index is 12.0. The van der Waals surface area contributed by atoms with Gasteiger partial charge in [0, 0.05) is 31.6 Å². The Labute approximate surface area is 136 Å². The molecule has 1 amide bonds. The summed E-state index contributed by atoms with van der Waals surface area (Å²) in [5.74, 6) is 2.09. The number of anilines is 1. The van der Waals surface area contributed by atoms with Crippen molar-refractivity contribution >= 4 is 11.6 Å².